The zero-order chi connectivity index (χ0) is 20.7. The van der Waals surface area contributed by atoms with Crippen LogP contribution in [-0.4, -0.2) is 31.1 Å². The molecule has 7 heteroatoms. The first-order chi connectivity index (χ1) is 13.2. The Hall–Kier alpha value is -2.93. The third-order valence-electron chi connectivity index (χ3n) is 4.35. The van der Waals surface area contributed by atoms with E-state index in [9.17, 15) is 14.9 Å². The van der Waals surface area contributed by atoms with Gasteiger partial charge in [0, 0.05) is 25.3 Å². The van der Waals surface area contributed by atoms with E-state index in [4.69, 9.17) is 4.74 Å². The molecule has 1 atom stereocenters. The average molecular weight is 385 g/mol. The van der Waals surface area contributed by atoms with Crippen LogP contribution in [0.4, 0.5) is 11.4 Å². The van der Waals surface area contributed by atoms with Gasteiger partial charge >= 0.3 is 0 Å². The van der Waals surface area contributed by atoms with Gasteiger partial charge in [-0.3, -0.25) is 14.9 Å². The molecule has 0 spiro atoms. The number of hydrogen-bond acceptors (Lipinski definition) is 5. The number of benzene rings is 2. The summed E-state index contributed by atoms with van der Waals surface area (Å²) in [6, 6.07) is 13.9. The van der Waals surface area contributed by atoms with Crippen LogP contribution in [0.5, 0.6) is 0 Å². The molecule has 2 aromatic rings. The minimum atomic E-state index is -0.496. The second-order valence-corrected chi connectivity index (χ2v) is 7.59. The van der Waals surface area contributed by atoms with Gasteiger partial charge in [-0.2, -0.15) is 0 Å². The van der Waals surface area contributed by atoms with E-state index in [2.05, 4.69) is 10.6 Å². The standard InChI is InChI=1S/C21H27N3O4/c1-21(2,3)19(15-8-6-5-7-9-15)23-20(25)16-10-11-17(22-12-13-28-4)18(14-16)24(26)27/h5-11,14,19,22H,12-13H2,1-4H3,(H,23,25). The van der Waals surface area contributed by atoms with Gasteiger partial charge < -0.3 is 15.4 Å². The van der Waals surface area contributed by atoms with Gasteiger partial charge in [0.2, 0.25) is 0 Å². The van der Waals surface area contributed by atoms with Crippen molar-refractivity contribution < 1.29 is 14.5 Å². The number of nitro groups is 1. The highest BCUT2D eigenvalue weighted by Gasteiger charge is 2.28. The van der Waals surface area contributed by atoms with Gasteiger partial charge in [-0.05, 0) is 23.1 Å². The maximum absolute atomic E-state index is 12.8. The van der Waals surface area contributed by atoms with E-state index in [1.807, 2.05) is 51.1 Å². The van der Waals surface area contributed by atoms with Gasteiger partial charge in [-0.25, -0.2) is 0 Å². The molecule has 1 amide bonds. The second-order valence-electron chi connectivity index (χ2n) is 7.59. The number of nitro benzene ring substituents is 1. The molecule has 0 fully saturated rings. The minimum Gasteiger partial charge on any atom is -0.383 e. The van der Waals surface area contributed by atoms with Crippen LogP contribution >= 0.6 is 0 Å². The molecule has 0 saturated carbocycles. The third kappa shape index (κ3) is 5.53. The first-order valence-electron chi connectivity index (χ1n) is 9.11. The highest BCUT2D eigenvalue weighted by Crippen LogP contribution is 2.33. The number of methoxy groups -OCH3 is 1. The zero-order valence-electron chi connectivity index (χ0n) is 16.7. The maximum Gasteiger partial charge on any atom is 0.293 e. The SMILES string of the molecule is COCCNc1ccc(C(=O)NC(c2ccccc2)C(C)(C)C)cc1[N+](=O)[O-]. The second kappa shape index (κ2) is 9.32. The summed E-state index contributed by atoms with van der Waals surface area (Å²) < 4.78 is 4.95. The molecule has 0 heterocycles. The van der Waals surface area contributed by atoms with Crippen LogP contribution in [0, 0.1) is 15.5 Å². The van der Waals surface area contributed by atoms with Crippen LogP contribution in [-0.2, 0) is 4.74 Å². The van der Waals surface area contributed by atoms with E-state index in [0.29, 0.717) is 18.8 Å². The lowest BCUT2D eigenvalue weighted by Gasteiger charge is -2.32. The molecule has 0 saturated heterocycles. The van der Waals surface area contributed by atoms with Crippen LogP contribution in [0.25, 0.3) is 0 Å². The fourth-order valence-corrected chi connectivity index (χ4v) is 2.92. The number of hydrogen-bond donors (Lipinski definition) is 2. The summed E-state index contributed by atoms with van der Waals surface area (Å²) in [6.07, 6.45) is 0. The van der Waals surface area contributed by atoms with E-state index in [0.717, 1.165) is 5.56 Å². The number of anilines is 1. The fraction of sp³-hybridized carbons (Fsp3) is 0.381. The smallest absolute Gasteiger partial charge is 0.293 e. The normalized spacial score (nSPS) is 12.3. The summed E-state index contributed by atoms with van der Waals surface area (Å²) >= 11 is 0. The van der Waals surface area contributed by atoms with Crippen LogP contribution in [0.2, 0.25) is 0 Å². The number of rotatable bonds is 8. The van der Waals surface area contributed by atoms with E-state index in [1.165, 1.54) is 6.07 Å². The van der Waals surface area contributed by atoms with Crippen molar-refractivity contribution >= 4 is 17.3 Å². The van der Waals surface area contributed by atoms with Crippen LogP contribution < -0.4 is 10.6 Å². The molecule has 150 valence electrons. The van der Waals surface area contributed by atoms with Crippen molar-refractivity contribution in [2.24, 2.45) is 5.41 Å². The maximum atomic E-state index is 12.8. The van der Waals surface area contributed by atoms with Crippen molar-refractivity contribution in [3.8, 4) is 0 Å². The summed E-state index contributed by atoms with van der Waals surface area (Å²) in [5.41, 5.74) is 1.21. The van der Waals surface area contributed by atoms with Crippen molar-refractivity contribution in [3.05, 3.63) is 69.8 Å². The number of nitrogens with zero attached hydrogens (tertiary/aromatic N) is 1. The quantitative estimate of drug-likeness (QED) is 0.404. The lowest BCUT2D eigenvalue weighted by Crippen LogP contribution is -2.36. The third-order valence-corrected chi connectivity index (χ3v) is 4.35. The van der Waals surface area contributed by atoms with Crippen LogP contribution in [0.15, 0.2) is 48.5 Å². The molecule has 0 radical (unpaired) electrons. The molecule has 2 rings (SSSR count). The number of ether oxygens (including phenoxy) is 1. The summed E-state index contributed by atoms with van der Waals surface area (Å²) in [6.45, 7) is 6.97. The van der Waals surface area contributed by atoms with Crippen LogP contribution in [0.3, 0.4) is 0 Å². The predicted molar refractivity (Wildman–Crippen MR) is 110 cm³/mol. The number of carbonyl (C=O) groups is 1. The van der Waals surface area contributed by atoms with Gasteiger partial charge in [-0.15, -0.1) is 0 Å². The lowest BCUT2D eigenvalue weighted by molar-refractivity contribution is -0.384. The van der Waals surface area contributed by atoms with Gasteiger partial charge in [-0.1, -0.05) is 51.1 Å². The van der Waals surface area contributed by atoms with Crippen molar-refractivity contribution in [1.82, 2.24) is 5.32 Å². The first-order valence-corrected chi connectivity index (χ1v) is 9.11. The van der Waals surface area contributed by atoms with Crippen molar-refractivity contribution in [3.63, 3.8) is 0 Å². The minimum absolute atomic E-state index is 0.143. The molecule has 0 bridgehead atoms. The Balaban J connectivity index is 2.27. The molecule has 1 unspecified atom stereocenters. The summed E-state index contributed by atoms with van der Waals surface area (Å²) in [7, 11) is 1.56. The van der Waals surface area contributed by atoms with Crippen molar-refractivity contribution in [1.29, 1.82) is 0 Å². The molecule has 28 heavy (non-hydrogen) atoms. The van der Waals surface area contributed by atoms with E-state index < -0.39 is 4.92 Å². The van der Waals surface area contributed by atoms with Gasteiger partial charge in [0.05, 0.1) is 17.6 Å². The monoisotopic (exact) mass is 385 g/mol. The molecule has 2 N–H and O–H groups in total. The Labute approximate surface area is 165 Å². The van der Waals surface area contributed by atoms with E-state index in [-0.39, 0.29) is 28.6 Å². The molecular formula is C21H27N3O4. The van der Waals surface area contributed by atoms with Gasteiger partial charge in [0.15, 0.2) is 0 Å². The Kier molecular flexibility index (Phi) is 7.12. The number of nitrogens with one attached hydrogen (secondary N) is 2. The summed E-state index contributed by atoms with van der Waals surface area (Å²) in [5, 5.41) is 17.4. The van der Waals surface area contributed by atoms with Crippen LogP contribution in [0.1, 0.15) is 42.7 Å². The Morgan fingerprint density at radius 1 is 1.18 bits per heavy atom. The molecule has 0 aliphatic carbocycles. The number of amides is 1. The van der Waals surface area contributed by atoms with Gasteiger partial charge in [0.25, 0.3) is 11.6 Å². The molecule has 0 aromatic heterocycles. The Morgan fingerprint density at radius 2 is 1.86 bits per heavy atom. The van der Waals surface area contributed by atoms with E-state index in [1.54, 1.807) is 19.2 Å². The average Bonchev–Trinajstić information content (AvgIpc) is 2.66. The highest BCUT2D eigenvalue weighted by atomic mass is 16.6. The molecule has 0 aliphatic rings. The Morgan fingerprint density at radius 3 is 2.43 bits per heavy atom. The molecule has 7 nitrogen and oxygen atoms in total. The summed E-state index contributed by atoms with van der Waals surface area (Å²) in [5.74, 6) is -0.352. The molecule has 0 aliphatic heterocycles. The fourth-order valence-electron chi connectivity index (χ4n) is 2.92. The Bertz CT molecular complexity index is 816. The van der Waals surface area contributed by atoms with Crippen molar-refractivity contribution in [2.75, 3.05) is 25.6 Å². The highest BCUT2D eigenvalue weighted by molar-refractivity contribution is 5.96. The summed E-state index contributed by atoms with van der Waals surface area (Å²) in [4.78, 5) is 23.8. The van der Waals surface area contributed by atoms with E-state index >= 15 is 0 Å². The number of carbonyl (C=O) groups excluding carboxylic acids is 1. The largest absolute Gasteiger partial charge is 0.383 e. The zero-order valence-corrected chi connectivity index (χ0v) is 16.7. The molecular weight excluding hydrogens is 358 g/mol. The lowest BCUT2D eigenvalue weighted by atomic mass is 9.82. The predicted octanol–water partition coefficient (Wildman–Crippen LogP) is 4.17. The van der Waals surface area contributed by atoms with Crippen molar-refractivity contribution in [2.45, 2.75) is 26.8 Å². The topological polar surface area (TPSA) is 93.5 Å². The first kappa shape index (κ1) is 21.4. The molecule has 2 aromatic carbocycles. The van der Waals surface area contributed by atoms with Gasteiger partial charge in [0.1, 0.15) is 5.69 Å².